The molecule has 0 bridgehead atoms. The molecule has 13 heteroatoms. The summed E-state index contributed by atoms with van der Waals surface area (Å²) in [6.45, 7) is 3.30. The van der Waals surface area contributed by atoms with Crippen LogP contribution in [0, 0.1) is 0 Å². The van der Waals surface area contributed by atoms with Crippen molar-refractivity contribution >= 4 is 15.8 Å². The van der Waals surface area contributed by atoms with Crippen LogP contribution in [0.2, 0.25) is 0 Å². The summed E-state index contributed by atoms with van der Waals surface area (Å²) >= 11 is 0. The Kier molecular flexibility index (Phi) is 11.0. The number of alkyl halides is 3. The van der Waals surface area contributed by atoms with E-state index >= 15 is 0 Å². The van der Waals surface area contributed by atoms with E-state index in [1.165, 1.54) is 49.2 Å². The van der Waals surface area contributed by atoms with Crippen molar-refractivity contribution in [3.8, 4) is 11.5 Å². The maximum absolute atomic E-state index is 14.2. The number of rotatable bonds is 12. The molecule has 2 aromatic carbocycles. The highest BCUT2D eigenvalue weighted by Gasteiger charge is 2.40. The van der Waals surface area contributed by atoms with Gasteiger partial charge in [0.2, 0.25) is 10.0 Å². The Labute approximate surface area is 263 Å². The van der Waals surface area contributed by atoms with Gasteiger partial charge in [0.25, 0.3) is 0 Å². The fraction of sp³-hybridized carbons (Fsp3) is 0.500. The second kappa shape index (κ2) is 14.3. The van der Waals surface area contributed by atoms with Gasteiger partial charge in [0.15, 0.2) is 0 Å². The van der Waals surface area contributed by atoms with Gasteiger partial charge in [-0.25, -0.2) is 22.7 Å². The average Bonchev–Trinajstić information content (AvgIpc) is 3.03. The molecule has 0 spiro atoms. The number of hydrogen-bond donors (Lipinski definition) is 0. The van der Waals surface area contributed by atoms with E-state index in [0.717, 1.165) is 6.07 Å². The zero-order chi connectivity index (χ0) is 32.9. The summed E-state index contributed by atoms with van der Waals surface area (Å²) in [6.07, 6.45) is -0.903. The Bertz CT molecular complexity index is 1520. The van der Waals surface area contributed by atoms with Crippen LogP contribution in [0.4, 0.5) is 19.0 Å². The van der Waals surface area contributed by atoms with Crippen LogP contribution in [0.15, 0.2) is 61.1 Å². The van der Waals surface area contributed by atoms with Crippen molar-refractivity contribution in [2.75, 3.05) is 32.6 Å². The Morgan fingerprint density at radius 3 is 2.40 bits per heavy atom. The lowest BCUT2D eigenvalue weighted by atomic mass is 9.79. The summed E-state index contributed by atoms with van der Waals surface area (Å²) in [5, 5.41) is -0.972. The molecule has 1 aromatic heterocycles. The molecule has 9 nitrogen and oxygen atoms in total. The molecule has 5 atom stereocenters. The van der Waals surface area contributed by atoms with Crippen LogP contribution in [-0.2, 0) is 27.5 Å². The topological polar surface area (TPSA) is 94.1 Å². The number of hydrogen-bond acceptors (Lipinski definition) is 8. The Morgan fingerprint density at radius 2 is 1.78 bits per heavy atom. The first-order valence-electron chi connectivity index (χ1n) is 14.7. The number of methoxy groups -OCH3 is 2. The Balaban J connectivity index is 1.54. The first-order chi connectivity index (χ1) is 21.3. The third kappa shape index (κ3) is 8.06. The average molecular weight is 651 g/mol. The molecule has 0 saturated heterocycles. The van der Waals surface area contributed by atoms with E-state index in [1.807, 2.05) is 19.0 Å². The molecule has 0 amide bonds. The van der Waals surface area contributed by atoms with Crippen LogP contribution in [-0.4, -0.2) is 75.1 Å². The second-order valence-corrected chi connectivity index (χ2v) is 13.8. The van der Waals surface area contributed by atoms with Crippen LogP contribution >= 0.6 is 0 Å². The van der Waals surface area contributed by atoms with Crippen molar-refractivity contribution in [1.82, 2.24) is 14.9 Å². The van der Waals surface area contributed by atoms with Crippen LogP contribution in [0.25, 0.3) is 0 Å². The summed E-state index contributed by atoms with van der Waals surface area (Å²) in [4.78, 5) is 10.2. The number of halogens is 3. The Morgan fingerprint density at radius 1 is 1.02 bits per heavy atom. The summed E-state index contributed by atoms with van der Waals surface area (Å²) in [6, 6.07) is 12.1. The van der Waals surface area contributed by atoms with Crippen molar-refractivity contribution in [2.45, 2.75) is 75.2 Å². The van der Waals surface area contributed by atoms with Gasteiger partial charge in [0.05, 0.1) is 38.5 Å². The molecule has 45 heavy (non-hydrogen) atoms. The van der Waals surface area contributed by atoms with E-state index in [9.17, 15) is 21.6 Å². The molecule has 1 fully saturated rings. The fourth-order valence-corrected chi connectivity index (χ4v) is 7.43. The highest BCUT2D eigenvalue weighted by molar-refractivity contribution is 7.93. The lowest BCUT2D eigenvalue weighted by molar-refractivity contribution is -0.137. The number of nitrogens with zero attached hydrogens (tertiary/aromatic N) is 4. The molecule has 1 unspecified atom stereocenters. The van der Waals surface area contributed by atoms with Gasteiger partial charge in [0.1, 0.15) is 28.9 Å². The smallest absolute Gasteiger partial charge is 0.416 e. The maximum atomic E-state index is 14.2. The molecule has 246 valence electrons. The number of aromatic nitrogens is 2. The van der Waals surface area contributed by atoms with E-state index in [1.54, 1.807) is 38.1 Å². The summed E-state index contributed by atoms with van der Waals surface area (Å²) < 4.78 is 87.1. The lowest BCUT2D eigenvalue weighted by Gasteiger charge is -2.42. The maximum Gasteiger partial charge on any atom is 0.416 e. The van der Waals surface area contributed by atoms with E-state index in [0.29, 0.717) is 41.9 Å². The molecule has 0 N–H and O–H groups in total. The van der Waals surface area contributed by atoms with E-state index in [-0.39, 0.29) is 30.4 Å². The van der Waals surface area contributed by atoms with E-state index < -0.39 is 33.1 Å². The molecule has 4 rings (SSSR count). The third-order valence-corrected chi connectivity index (χ3v) is 10.8. The molecule has 1 aliphatic rings. The number of likely N-dealkylation sites (N-methyl/N-ethyl adjacent to an activating group) is 1. The van der Waals surface area contributed by atoms with Crippen molar-refractivity contribution in [3.05, 3.63) is 77.7 Å². The van der Waals surface area contributed by atoms with Gasteiger partial charge in [-0.2, -0.15) is 13.2 Å². The van der Waals surface area contributed by atoms with Crippen LogP contribution in [0.1, 0.15) is 55.7 Å². The molecular formula is C32H41F3N4O5S. The van der Waals surface area contributed by atoms with Gasteiger partial charge < -0.3 is 19.1 Å². The van der Waals surface area contributed by atoms with Crippen LogP contribution in [0.3, 0.4) is 0 Å². The zero-order valence-corrected chi connectivity index (χ0v) is 27.2. The minimum absolute atomic E-state index is 0.0496. The van der Waals surface area contributed by atoms with Crippen molar-refractivity contribution in [1.29, 1.82) is 0 Å². The predicted molar refractivity (Wildman–Crippen MR) is 166 cm³/mol. The third-order valence-electron chi connectivity index (χ3n) is 8.56. The summed E-state index contributed by atoms with van der Waals surface area (Å²) in [5.41, 5.74) is 0.600. The number of anilines is 1. The largest absolute Gasteiger partial charge is 0.497 e. The first kappa shape index (κ1) is 34.5. The minimum atomic E-state index is -4.41. The minimum Gasteiger partial charge on any atom is -0.497 e. The molecule has 0 radical (unpaired) electrons. The molecule has 0 aliphatic heterocycles. The number of ether oxygens (including phenoxy) is 3. The monoisotopic (exact) mass is 650 g/mol. The summed E-state index contributed by atoms with van der Waals surface area (Å²) in [5.74, 6) is 1.16. The molecular weight excluding hydrogens is 609 g/mol. The number of sulfonamides is 1. The predicted octanol–water partition coefficient (Wildman–Crippen LogP) is 5.91. The number of benzene rings is 2. The first-order valence-corrected chi connectivity index (χ1v) is 16.2. The SMILES string of the molecule is COc1ccc(CN(c2ccncn2)S(=O)(=O)[C@@H](C)C(C)O[C@H]2CC[C@H](c3cccc(C(F)(F)F)c3)C[C@@H]2N(C)C)c(OC)c1. The molecule has 1 aliphatic carbocycles. The lowest BCUT2D eigenvalue weighted by Crippen LogP contribution is -2.49. The zero-order valence-electron chi connectivity index (χ0n) is 26.4. The Hall–Kier alpha value is -3.42. The standard InChI is InChI=1S/C32H41F3N4O5S/c1-21(44-29-13-11-24(17-28(29)38(3)4)23-8-7-9-26(16-23)32(33,34)35)22(2)45(40,41)39(31-14-15-36-20-37-31)19-25-10-12-27(42-5)18-30(25)43-6/h7-10,12,14-16,18,20-22,24,28-29H,11,13,17,19H2,1-6H3/t21?,22-,24-,28-,29-/m0/s1. The molecule has 1 heterocycles. The molecule has 1 saturated carbocycles. The van der Waals surface area contributed by atoms with E-state index in [4.69, 9.17) is 14.2 Å². The highest BCUT2D eigenvalue weighted by Crippen LogP contribution is 2.39. The van der Waals surface area contributed by atoms with Crippen LogP contribution < -0.4 is 13.8 Å². The van der Waals surface area contributed by atoms with Gasteiger partial charge in [0, 0.05) is 29.9 Å². The quantitative estimate of drug-likeness (QED) is 0.239. The highest BCUT2D eigenvalue weighted by atomic mass is 32.2. The van der Waals surface area contributed by atoms with Gasteiger partial charge in [-0.15, -0.1) is 0 Å². The second-order valence-electron chi connectivity index (χ2n) is 11.5. The van der Waals surface area contributed by atoms with E-state index in [2.05, 4.69) is 9.97 Å². The fourth-order valence-electron chi connectivity index (χ4n) is 5.79. The molecule has 3 aromatic rings. The van der Waals surface area contributed by atoms with Crippen molar-refractivity contribution < 1.29 is 35.8 Å². The van der Waals surface area contributed by atoms with Gasteiger partial charge >= 0.3 is 6.18 Å². The van der Waals surface area contributed by atoms with Gasteiger partial charge in [-0.3, -0.25) is 0 Å². The van der Waals surface area contributed by atoms with Crippen molar-refractivity contribution in [2.24, 2.45) is 0 Å². The summed E-state index contributed by atoms with van der Waals surface area (Å²) in [7, 11) is 2.80. The van der Waals surface area contributed by atoms with Gasteiger partial charge in [-0.1, -0.05) is 18.2 Å². The van der Waals surface area contributed by atoms with Crippen LogP contribution in [0.5, 0.6) is 11.5 Å². The van der Waals surface area contributed by atoms with Gasteiger partial charge in [-0.05, 0) is 76.9 Å². The normalized spacial score (nSPS) is 20.4. The van der Waals surface area contributed by atoms with Crippen molar-refractivity contribution in [3.63, 3.8) is 0 Å².